The summed E-state index contributed by atoms with van der Waals surface area (Å²) in [5, 5.41) is 0.374. The van der Waals surface area contributed by atoms with Gasteiger partial charge in [0.2, 0.25) is 0 Å². The number of hydrogen-bond acceptors (Lipinski definition) is 3. The topological polar surface area (TPSA) is 35.5 Å². The van der Waals surface area contributed by atoms with Gasteiger partial charge in [-0.25, -0.2) is 0 Å². The van der Waals surface area contributed by atoms with Gasteiger partial charge in [-0.15, -0.1) is 0 Å². The van der Waals surface area contributed by atoms with Gasteiger partial charge in [-0.1, -0.05) is 67.4 Å². The zero-order valence-electron chi connectivity index (χ0n) is 23.0. The second kappa shape index (κ2) is 9.79. The average Bonchev–Trinajstić information content (AvgIpc) is 2.87. The third-order valence-corrected chi connectivity index (χ3v) is 18.1. The van der Waals surface area contributed by atoms with Crippen LogP contribution in [0, 0.1) is 5.92 Å². The highest BCUT2D eigenvalue weighted by atomic mass is 28.4. The summed E-state index contributed by atoms with van der Waals surface area (Å²) >= 11 is 0. The molecule has 3 nitrogen and oxygen atoms in total. The number of Topliss-reactive ketones (excluding diaryl/α,β-unsaturated/α-hetero) is 1. The van der Waals surface area contributed by atoms with Crippen molar-refractivity contribution in [1.29, 1.82) is 0 Å². The lowest BCUT2D eigenvalue weighted by Crippen LogP contribution is -2.50. The molecular formula is C27H52O3Si2. The lowest BCUT2D eigenvalue weighted by atomic mass is 9.80. The molecule has 0 unspecified atom stereocenters. The minimum atomic E-state index is -1.92. The molecular weight excluding hydrogens is 428 g/mol. The van der Waals surface area contributed by atoms with Crippen molar-refractivity contribution in [2.45, 2.75) is 147 Å². The lowest BCUT2D eigenvalue weighted by molar-refractivity contribution is -0.115. The third kappa shape index (κ3) is 6.46. The Morgan fingerprint density at radius 2 is 1.47 bits per heavy atom. The Morgan fingerprint density at radius 1 is 0.938 bits per heavy atom. The molecule has 0 N–H and O–H groups in total. The summed E-state index contributed by atoms with van der Waals surface area (Å²) in [6.45, 7) is 27.4. The molecule has 0 aliphatic heterocycles. The summed E-state index contributed by atoms with van der Waals surface area (Å²) in [7, 11) is -3.75. The van der Waals surface area contributed by atoms with E-state index in [0.717, 1.165) is 24.8 Å². The van der Waals surface area contributed by atoms with Crippen LogP contribution in [0.3, 0.4) is 0 Å². The maximum Gasteiger partial charge on any atom is 0.192 e. The van der Waals surface area contributed by atoms with E-state index < -0.39 is 16.6 Å². The van der Waals surface area contributed by atoms with Crippen LogP contribution in [0.4, 0.5) is 0 Å². The standard InChI is InChI=1S/C27H52O3Si2/c1-21-22(24(20-23(21)28)29-31(8,9)25(2,3)4)16-15-19-27(17-13-12-14-18-27)30-32(10,11)26(5,6)7/h22,24H,1,12-20H2,2-11H3/t22-,24-/m1/s1. The zero-order chi connectivity index (χ0) is 24.6. The summed E-state index contributed by atoms with van der Waals surface area (Å²) in [5.41, 5.74) is 0.831. The fraction of sp³-hybridized carbons (Fsp3) is 0.889. The Morgan fingerprint density at radius 3 is 1.97 bits per heavy atom. The number of ketones is 1. The third-order valence-electron chi connectivity index (χ3n) is 9.08. The summed E-state index contributed by atoms with van der Waals surface area (Å²) in [5.74, 6) is 0.383. The lowest BCUT2D eigenvalue weighted by Gasteiger charge is -2.48. The van der Waals surface area contributed by atoms with Crippen molar-refractivity contribution in [2.75, 3.05) is 0 Å². The van der Waals surface area contributed by atoms with E-state index in [1.54, 1.807) is 0 Å². The fourth-order valence-electron chi connectivity index (χ4n) is 4.86. The van der Waals surface area contributed by atoms with E-state index in [0.29, 0.717) is 6.42 Å². The number of hydrogen-bond donors (Lipinski definition) is 0. The molecule has 0 radical (unpaired) electrons. The predicted molar refractivity (Wildman–Crippen MR) is 142 cm³/mol. The first-order chi connectivity index (χ1) is 14.4. The second-order valence-electron chi connectivity index (χ2n) is 13.7. The average molecular weight is 481 g/mol. The van der Waals surface area contributed by atoms with Crippen LogP contribution < -0.4 is 0 Å². The van der Waals surface area contributed by atoms with Crippen LogP contribution >= 0.6 is 0 Å². The molecule has 32 heavy (non-hydrogen) atoms. The monoisotopic (exact) mass is 480 g/mol. The van der Waals surface area contributed by atoms with Crippen LogP contribution in [0.1, 0.15) is 99.3 Å². The molecule has 0 amide bonds. The van der Waals surface area contributed by atoms with E-state index >= 15 is 0 Å². The smallest absolute Gasteiger partial charge is 0.192 e. The van der Waals surface area contributed by atoms with Gasteiger partial charge in [0, 0.05) is 12.3 Å². The quantitative estimate of drug-likeness (QED) is 0.258. The molecule has 2 aliphatic rings. The zero-order valence-corrected chi connectivity index (χ0v) is 25.0. The maximum absolute atomic E-state index is 12.6. The van der Waals surface area contributed by atoms with Gasteiger partial charge in [-0.3, -0.25) is 4.79 Å². The SMILES string of the molecule is C=C1C(=O)C[C@@H](O[Si](C)(C)C(C)(C)C)[C@@H]1CCCC1(O[Si](C)(C)C(C)(C)C)CCCCC1. The van der Waals surface area contributed by atoms with Crippen LogP contribution in [-0.2, 0) is 13.6 Å². The van der Waals surface area contributed by atoms with Crippen LogP contribution in [0.5, 0.6) is 0 Å². The molecule has 5 heteroatoms. The highest BCUT2D eigenvalue weighted by Crippen LogP contribution is 2.46. The molecule has 0 aromatic heterocycles. The maximum atomic E-state index is 12.6. The highest BCUT2D eigenvalue weighted by Gasteiger charge is 2.47. The first kappa shape index (κ1) is 28.0. The minimum Gasteiger partial charge on any atom is -0.413 e. The second-order valence-corrected chi connectivity index (χ2v) is 23.2. The molecule has 2 rings (SSSR count). The summed E-state index contributed by atoms with van der Waals surface area (Å²) < 4.78 is 13.9. The van der Waals surface area contributed by atoms with E-state index in [-0.39, 0.29) is 33.5 Å². The molecule has 2 aliphatic carbocycles. The van der Waals surface area contributed by atoms with E-state index in [4.69, 9.17) is 8.85 Å². The fourth-order valence-corrected chi connectivity index (χ4v) is 7.92. The molecule has 2 atom stereocenters. The highest BCUT2D eigenvalue weighted by molar-refractivity contribution is 6.74. The van der Waals surface area contributed by atoms with Gasteiger partial charge in [0.05, 0.1) is 11.7 Å². The summed E-state index contributed by atoms with van der Waals surface area (Å²) in [6.07, 6.45) is 9.97. The van der Waals surface area contributed by atoms with Crippen LogP contribution in [0.15, 0.2) is 12.2 Å². The molecule has 0 saturated heterocycles. The molecule has 186 valence electrons. The molecule has 0 spiro atoms. The van der Waals surface area contributed by atoms with E-state index in [1.165, 1.54) is 32.1 Å². The van der Waals surface area contributed by atoms with Crippen LogP contribution in [0.25, 0.3) is 0 Å². The van der Waals surface area contributed by atoms with Crippen molar-refractivity contribution < 1.29 is 13.6 Å². The number of carbonyl (C=O) groups is 1. The van der Waals surface area contributed by atoms with E-state index in [2.05, 4.69) is 74.3 Å². The van der Waals surface area contributed by atoms with Crippen molar-refractivity contribution in [3.05, 3.63) is 12.2 Å². The Balaban J connectivity index is 2.10. The molecule has 0 bridgehead atoms. The van der Waals surface area contributed by atoms with Crippen molar-refractivity contribution in [2.24, 2.45) is 5.92 Å². The van der Waals surface area contributed by atoms with Gasteiger partial charge < -0.3 is 8.85 Å². The van der Waals surface area contributed by atoms with E-state index in [1.807, 2.05) is 0 Å². The Bertz CT molecular complexity index is 676. The van der Waals surface area contributed by atoms with Gasteiger partial charge in [-0.2, -0.15) is 0 Å². The van der Waals surface area contributed by atoms with Crippen LogP contribution in [0.2, 0.25) is 36.3 Å². The Labute approximate surface area is 201 Å². The summed E-state index contributed by atoms with van der Waals surface area (Å²) in [6, 6.07) is 0. The molecule has 2 saturated carbocycles. The van der Waals surface area contributed by atoms with Gasteiger partial charge in [0.25, 0.3) is 0 Å². The van der Waals surface area contributed by atoms with Gasteiger partial charge in [0.1, 0.15) is 0 Å². The van der Waals surface area contributed by atoms with Crippen molar-refractivity contribution >= 4 is 22.4 Å². The van der Waals surface area contributed by atoms with Crippen molar-refractivity contribution in [3.63, 3.8) is 0 Å². The number of rotatable bonds is 8. The van der Waals surface area contributed by atoms with E-state index in [9.17, 15) is 4.79 Å². The molecule has 0 aromatic carbocycles. The first-order valence-corrected chi connectivity index (χ1v) is 18.8. The predicted octanol–water partition coefficient (Wildman–Crippen LogP) is 8.42. The normalized spacial score (nSPS) is 25.4. The van der Waals surface area contributed by atoms with Crippen LogP contribution in [-0.4, -0.2) is 34.1 Å². The van der Waals surface area contributed by atoms with Gasteiger partial charge >= 0.3 is 0 Å². The first-order valence-electron chi connectivity index (χ1n) is 13.0. The van der Waals surface area contributed by atoms with Gasteiger partial charge in [0.15, 0.2) is 22.4 Å². The van der Waals surface area contributed by atoms with Crippen molar-refractivity contribution in [1.82, 2.24) is 0 Å². The van der Waals surface area contributed by atoms with Gasteiger partial charge in [-0.05, 0) is 73.9 Å². The summed E-state index contributed by atoms with van der Waals surface area (Å²) in [4.78, 5) is 12.6. The minimum absolute atomic E-state index is 0.0134. The van der Waals surface area contributed by atoms with Crippen molar-refractivity contribution in [3.8, 4) is 0 Å². The molecule has 0 heterocycles. The molecule has 0 aromatic rings. The Hall–Kier alpha value is -0.236. The largest absolute Gasteiger partial charge is 0.413 e. The number of carbonyl (C=O) groups excluding carboxylic acids is 1. The Kier molecular flexibility index (Phi) is 8.57. The molecule has 2 fully saturated rings.